The Hall–Kier alpha value is -1.75. The summed E-state index contributed by atoms with van der Waals surface area (Å²) in [6.07, 6.45) is 1.02. The van der Waals surface area contributed by atoms with Gasteiger partial charge in [0, 0.05) is 20.5 Å². The number of rotatable bonds is 6. The van der Waals surface area contributed by atoms with Crippen molar-refractivity contribution < 1.29 is 14.3 Å². The van der Waals surface area contributed by atoms with Gasteiger partial charge in [0.15, 0.2) is 11.5 Å². The van der Waals surface area contributed by atoms with Crippen molar-refractivity contribution in [3.8, 4) is 11.5 Å². The monoisotopic (exact) mass is 252 g/mol. The number of nitrogens with one attached hydrogen (secondary N) is 1. The normalized spacial score (nSPS) is 10.3. The van der Waals surface area contributed by atoms with Crippen molar-refractivity contribution in [2.45, 2.75) is 12.8 Å². The topological polar surface area (TPSA) is 50.8 Å². The minimum Gasteiger partial charge on any atom is -0.493 e. The van der Waals surface area contributed by atoms with E-state index in [1.807, 2.05) is 18.2 Å². The summed E-state index contributed by atoms with van der Waals surface area (Å²) in [5.41, 5.74) is 3.67. The van der Waals surface area contributed by atoms with Crippen molar-refractivity contribution in [3.05, 3.63) is 23.8 Å². The highest BCUT2D eigenvalue weighted by atomic mass is 16.5. The minimum atomic E-state index is -0.0233. The molecule has 0 unspecified atom stereocenters. The zero-order valence-corrected chi connectivity index (χ0v) is 11.3. The fourth-order valence-electron chi connectivity index (χ4n) is 1.70. The van der Waals surface area contributed by atoms with Crippen LogP contribution in [0.5, 0.6) is 11.5 Å². The number of benzene rings is 1. The summed E-state index contributed by atoms with van der Waals surface area (Å²) < 4.78 is 10.5. The standard InChI is InChI=1S/C13H20N2O3/c1-15(2)14-12(16)9-8-10-6-5-7-11(17-3)13(10)18-4/h5-7H,8-9H2,1-4H3,(H,14,16). The summed E-state index contributed by atoms with van der Waals surface area (Å²) >= 11 is 0. The van der Waals surface area contributed by atoms with Gasteiger partial charge in [-0.3, -0.25) is 10.2 Å². The highest BCUT2D eigenvalue weighted by Crippen LogP contribution is 2.31. The van der Waals surface area contributed by atoms with Gasteiger partial charge in [0.2, 0.25) is 5.91 Å². The zero-order chi connectivity index (χ0) is 13.5. The number of hydrogen-bond acceptors (Lipinski definition) is 4. The number of para-hydroxylation sites is 1. The molecule has 1 N–H and O–H groups in total. The van der Waals surface area contributed by atoms with Gasteiger partial charge in [-0.1, -0.05) is 12.1 Å². The SMILES string of the molecule is COc1cccc(CCC(=O)NN(C)C)c1OC. The van der Waals surface area contributed by atoms with Crippen LogP contribution in [-0.2, 0) is 11.2 Å². The number of hydrogen-bond donors (Lipinski definition) is 1. The lowest BCUT2D eigenvalue weighted by Crippen LogP contribution is -2.36. The Balaban J connectivity index is 2.70. The van der Waals surface area contributed by atoms with E-state index in [1.54, 1.807) is 33.3 Å². The zero-order valence-electron chi connectivity index (χ0n) is 11.3. The van der Waals surface area contributed by atoms with Crippen molar-refractivity contribution >= 4 is 5.91 Å². The fraction of sp³-hybridized carbons (Fsp3) is 0.462. The first kappa shape index (κ1) is 14.3. The van der Waals surface area contributed by atoms with E-state index >= 15 is 0 Å². The molecule has 100 valence electrons. The summed E-state index contributed by atoms with van der Waals surface area (Å²) in [4.78, 5) is 11.6. The Labute approximate surface area is 108 Å². The maximum absolute atomic E-state index is 11.6. The third kappa shape index (κ3) is 3.92. The number of aryl methyl sites for hydroxylation is 1. The average molecular weight is 252 g/mol. The number of carbonyl (C=O) groups is 1. The van der Waals surface area contributed by atoms with Gasteiger partial charge in [-0.15, -0.1) is 0 Å². The van der Waals surface area contributed by atoms with E-state index in [0.717, 1.165) is 5.56 Å². The van der Waals surface area contributed by atoms with E-state index in [4.69, 9.17) is 9.47 Å². The molecule has 0 saturated carbocycles. The van der Waals surface area contributed by atoms with Gasteiger partial charge in [0.25, 0.3) is 0 Å². The molecule has 18 heavy (non-hydrogen) atoms. The number of ether oxygens (including phenoxy) is 2. The molecule has 5 nitrogen and oxygen atoms in total. The van der Waals surface area contributed by atoms with Crippen molar-refractivity contribution in [2.24, 2.45) is 0 Å². The molecule has 0 heterocycles. The van der Waals surface area contributed by atoms with Crippen LogP contribution in [0.4, 0.5) is 0 Å². The van der Waals surface area contributed by atoms with Gasteiger partial charge in [-0.25, -0.2) is 5.01 Å². The molecule has 0 spiro atoms. The van der Waals surface area contributed by atoms with Gasteiger partial charge in [0.1, 0.15) is 0 Å². The number of nitrogens with zero attached hydrogens (tertiary/aromatic N) is 1. The lowest BCUT2D eigenvalue weighted by molar-refractivity contribution is -0.124. The first-order valence-electron chi connectivity index (χ1n) is 5.75. The highest BCUT2D eigenvalue weighted by Gasteiger charge is 2.11. The van der Waals surface area contributed by atoms with Crippen LogP contribution < -0.4 is 14.9 Å². The molecule has 0 aliphatic rings. The van der Waals surface area contributed by atoms with Crippen LogP contribution in [-0.4, -0.2) is 39.2 Å². The Morgan fingerprint density at radius 2 is 2.00 bits per heavy atom. The smallest absolute Gasteiger partial charge is 0.234 e. The number of hydrazine groups is 1. The van der Waals surface area contributed by atoms with Crippen LogP contribution in [0, 0.1) is 0 Å². The van der Waals surface area contributed by atoms with Gasteiger partial charge < -0.3 is 9.47 Å². The molecule has 1 rings (SSSR count). The third-order valence-corrected chi connectivity index (χ3v) is 2.45. The average Bonchev–Trinajstić information content (AvgIpc) is 2.34. The summed E-state index contributed by atoms with van der Waals surface area (Å²) in [5.74, 6) is 1.35. The quantitative estimate of drug-likeness (QED) is 0.774. The van der Waals surface area contributed by atoms with E-state index in [-0.39, 0.29) is 5.91 Å². The molecule has 0 atom stereocenters. The molecule has 0 aliphatic carbocycles. The number of methoxy groups -OCH3 is 2. The van der Waals surface area contributed by atoms with E-state index < -0.39 is 0 Å². The molecule has 0 fully saturated rings. The molecular weight excluding hydrogens is 232 g/mol. The Kier molecular flexibility index (Phi) is 5.45. The van der Waals surface area contributed by atoms with Gasteiger partial charge in [-0.05, 0) is 18.1 Å². The van der Waals surface area contributed by atoms with Crippen LogP contribution in [0.3, 0.4) is 0 Å². The van der Waals surface area contributed by atoms with Crippen molar-refractivity contribution in [1.29, 1.82) is 0 Å². The first-order valence-corrected chi connectivity index (χ1v) is 5.75. The van der Waals surface area contributed by atoms with E-state index in [9.17, 15) is 4.79 Å². The molecule has 0 bridgehead atoms. The second kappa shape index (κ2) is 6.86. The van der Waals surface area contributed by atoms with Gasteiger partial charge in [-0.2, -0.15) is 0 Å². The second-order valence-corrected chi connectivity index (χ2v) is 4.08. The Bertz CT molecular complexity index is 405. The van der Waals surface area contributed by atoms with Crippen LogP contribution >= 0.6 is 0 Å². The van der Waals surface area contributed by atoms with Crippen molar-refractivity contribution in [3.63, 3.8) is 0 Å². The molecule has 0 radical (unpaired) electrons. The lowest BCUT2D eigenvalue weighted by Gasteiger charge is -2.14. The van der Waals surface area contributed by atoms with Gasteiger partial charge >= 0.3 is 0 Å². The summed E-state index contributed by atoms with van der Waals surface area (Å²) in [7, 11) is 6.76. The largest absolute Gasteiger partial charge is 0.493 e. The summed E-state index contributed by atoms with van der Waals surface area (Å²) in [6.45, 7) is 0. The van der Waals surface area contributed by atoms with Gasteiger partial charge in [0.05, 0.1) is 14.2 Å². The van der Waals surface area contributed by atoms with Crippen LogP contribution in [0.2, 0.25) is 0 Å². The minimum absolute atomic E-state index is 0.0233. The molecule has 1 amide bonds. The van der Waals surface area contributed by atoms with E-state index in [0.29, 0.717) is 24.3 Å². The van der Waals surface area contributed by atoms with Crippen molar-refractivity contribution in [1.82, 2.24) is 10.4 Å². The predicted octanol–water partition coefficient (Wildman–Crippen LogP) is 1.23. The van der Waals surface area contributed by atoms with Crippen LogP contribution in [0.25, 0.3) is 0 Å². The summed E-state index contributed by atoms with van der Waals surface area (Å²) in [5, 5.41) is 1.63. The van der Waals surface area contributed by atoms with E-state index in [1.165, 1.54) is 0 Å². The molecule has 1 aromatic carbocycles. The van der Waals surface area contributed by atoms with E-state index in [2.05, 4.69) is 5.43 Å². The maximum Gasteiger partial charge on any atom is 0.234 e. The molecule has 1 aromatic rings. The summed E-state index contributed by atoms with van der Waals surface area (Å²) in [6, 6.07) is 5.66. The second-order valence-electron chi connectivity index (χ2n) is 4.08. The molecular formula is C13H20N2O3. The molecule has 0 aromatic heterocycles. The first-order chi connectivity index (χ1) is 8.58. The molecule has 5 heteroatoms. The fourth-order valence-corrected chi connectivity index (χ4v) is 1.70. The maximum atomic E-state index is 11.6. The Morgan fingerprint density at radius 3 is 2.56 bits per heavy atom. The third-order valence-electron chi connectivity index (χ3n) is 2.45. The number of carbonyl (C=O) groups excluding carboxylic acids is 1. The van der Waals surface area contributed by atoms with Crippen LogP contribution in [0.15, 0.2) is 18.2 Å². The molecule has 0 aliphatic heterocycles. The number of amides is 1. The lowest BCUT2D eigenvalue weighted by atomic mass is 10.1. The predicted molar refractivity (Wildman–Crippen MR) is 69.7 cm³/mol. The molecule has 0 saturated heterocycles. The Morgan fingerprint density at radius 1 is 1.28 bits per heavy atom. The van der Waals surface area contributed by atoms with Crippen molar-refractivity contribution in [2.75, 3.05) is 28.3 Å². The highest BCUT2D eigenvalue weighted by molar-refractivity contribution is 5.75. The van der Waals surface area contributed by atoms with Crippen LogP contribution in [0.1, 0.15) is 12.0 Å².